The van der Waals surface area contributed by atoms with E-state index in [2.05, 4.69) is 22.2 Å². The number of aromatic hydroxyl groups is 1. The number of likely N-dealkylation sites (tertiary alicyclic amines) is 1. The van der Waals surface area contributed by atoms with E-state index in [4.69, 9.17) is 23.6 Å². The fourth-order valence-corrected chi connectivity index (χ4v) is 10.3. The normalized spacial score (nSPS) is 33.5. The van der Waals surface area contributed by atoms with E-state index in [1.165, 1.54) is 52.4 Å². The van der Waals surface area contributed by atoms with Crippen molar-refractivity contribution in [1.82, 2.24) is 9.88 Å². The van der Waals surface area contributed by atoms with Crippen LogP contribution in [0.3, 0.4) is 0 Å². The molecule has 4 bridgehead atoms. The number of allylic oxidation sites excluding steroid dienone is 2. The molecular weight excluding hydrogens is 837 g/mol. The molecule has 1 aromatic heterocycles. The smallest absolute Gasteiger partial charge is 0.307 e. The predicted molar refractivity (Wildman–Crippen MR) is 247 cm³/mol. The van der Waals surface area contributed by atoms with Crippen molar-refractivity contribution in [2.75, 3.05) is 44.0 Å². The number of amides is 1. The molecule has 5 heterocycles. The summed E-state index contributed by atoms with van der Waals surface area (Å²) in [6.45, 7) is 13.8. The Balaban J connectivity index is 1.35. The number of rotatable bonds is 2. The summed E-state index contributed by atoms with van der Waals surface area (Å²) < 4.78 is 24.6. The molecule has 4 aliphatic rings. The number of aromatic nitrogens is 1. The number of aliphatic hydroxyl groups excluding tert-OH is 4. The zero-order valence-corrected chi connectivity index (χ0v) is 38.3. The van der Waals surface area contributed by atoms with Gasteiger partial charge in [0.1, 0.15) is 22.7 Å². The number of benzene rings is 3. The van der Waals surface area contributed by atoms with Gasteiger partial charge in [-0.15, -0.1) is 0 Å². The van der Waals surface area contributed by atoms with Gasteiger partial charge in [0, 0.05) is 91.2 Å². The molecule has 8 rings (SSSR count). The maximum atomic E-state index is 14.9. The second-order valence-corrected chi connectivity index (χ2v) is 18.8. The number of carbonyl (C=O) groups is 1. The van der Waals surface area contributed by atoms with Gasteiger partial charge in [-0.1, -0.05) is 45.9 Å². The van der Waals surface area contributed by atoms with E-state index in [1.807, 2.05) is 0 Å². The van der Waals surface area contributed by atoms with Crippen LogP contribution in [0.1, 0.15) is 59.9 Å². The van der Waals surface area contributed by atoms with E-state index in [0.29, 0.717) is 24.2 Å². The molecule has 4 aromatic rings. The Bertz CT molecular complexity index is 2840. The number of nitrogens with one attached hydrogen (secondary N) is 1. The zero-order valence-electron chi connectivity index (χ0n) is 38.3. The number of fused-ring (bicyclic) bond motifs is 3. The topological polar surface area (TPSA) is 225 Å². The first-order chi connectivity index (χ1) is 30.8. The number of ether oxygens (including phenoxy) is 3. The molecule has 0 aliphatic carbocycles. The highest BCUT2D eigenvalue weighted by Crippen LogP contribution is 2.43. The van der Waals surface area contributed by atoms with E-state index >= 15 is 0 Å². The first kappa shape index (κ1) is 46.0. The molecule has 0 spiro atoms. The fourth-order valence-electron chi connectivity index (χ4n) is 10.3. The standard InChI is InChI=1S/C49H60N4O12/c1-22-12-10-13-23(2)48(61)51-39-44(59)35-34(38-46(39)64-33-19-29(18-31(54)37(33)50-38)53-20-28-14-11-16-52(8)30(28)21-53)36-45(27(6)43(35)58)65-49(7,47(36)60)63-17-15-32(62-9)24(3)41(56)26(5)42(57)25(4)40(22)55/h10,12-13,15,17-19,22,24-26,28,30,32,40-42,55-58,60H,11,14,16,20-21H2,1-9H3,(H,51,61)/b12-10+,17-15+,23-13-/t22-,24+,25+,26-,28-,30+,32-,40-,41+,42+,49-/m0/s1. The number of hydrogen-bond acceptors (Lipinski definition) is 15. The summed E-state index contributed by atoms with van der Waals surface area (Å²) in [5.41, 5.74) is -1.16. The van der Waals surface area contributed by atoms with Crippen molar-refractivity contribution in [3.8, 4) is 11.5 Å². The number of phenolic OH excluding ortho intramolecular Hbond substituents is 1. The second-order valence-electron chi connectivity index (χ2n) is 18.8. The molecule has 2 saturated heterocycles. The van der Waals surface area contributed by atoms with Crippen molar-refractivity contribution in [3.63, 3.8) is 0 Å². The average Bonchev–Trinajstić information content (AvgIpc) is 3.84. The Morgan fingerprint density at radius 3 is 2.34 bits per heavy atom. The van der Waals surface area contributed by atoms with Crippen LogP contribution in [0.4, 0.5) is 11.4 Å². The number of nitrogens with zero attached hydrogens (tertiary/aromatic N) is 3. The minimum Gasteiger partial charge on any atom is -0.507 e. The molecular formula is C49H60N4O12. The highest BCUT2D eigenvalue weighted by molar-refractivity contribution is 6.16. The summed E-state index contributed by atoms with van der Waals surface area (Å²) in [5.74, 6) is -5.74. The van der Waals surface area contributed by atoms with Crippen molar-refractivity contribution >= 4 is 56.0 Å². The van der Waals surface area contributed by atoms with Gasteiger partial charge in [-0.05, 0) is 52.3 Å². The number of anilines is 2. The number of aliphatic hydroxyl groups is 4. The number of phenols is 1. The lowest BCUT2D eigenvalue weighted by atomic mass is 9.78. The molecule has 2 fully saturated rings. The minimum absolute atomic E-state index is 0.0301. The van der Waals surface area contributed by atoms with Crippen molar-refractivity contribution in [1.29, 1.82) is 0 Å². The van der Waals surface area contributed by atoms with Gasteiger partial charge in [0.15, 0.2) is 22.4 Å². The van der Waals surface area contributed by atoms with Crippen molar-refractivity contribution in [2.45, 2.75) is 97.6 Å². The van der Waals surface area contributed by atoms with E-state index in [0.717, 1.165) is 25.9 Å². The molecule has 3 aromatic carbocycles. The zero-order chi connectivity index (χ0) is 47.0. The van der Waals surface area contributed by atoms with Gasteiger partial charge < -0.3 is 59.3 Å². The van der Waals surface area contributed by atoms with Gasteiger partial charge in [-0.25, -0.2) is 4.98 Å². The van der Waals surface area contributed by atoms with Crippen LogP contribution in [-0.2, 0) is 14.3 Å². The number of piperidine rings is 1. The maximum absolute atomic E-state index is 14.9. The molecule has 4 aliphatic heterocycles. The van der Waals surface area contributed by atoms with Crippen LogP contribution in [-0.4, -0.2) is 111 Å². The maximum Gasteiger partial charge on any atom is 0.307 e. The first-order valence-electron chi connectivity index (χ1n) is 22.4. The third-order valence-electron chi connectivity index (χ3n) is 14.6. The van der Waals surface area contributed by atoms with Crippen molar-refractivity contribution in [2.24, 2.45) is 29.6 Å². The highest BCUT2D eigenvalue weighted by atomic mass is 16.7. The van der Waals surface area contributed by atoms with Gasteiger partial charge in [0.25, 0.3) is 5.91 Å². The van der Waals surface area contributed by atoms with Gasteiger partial charge >= 0.3 is 5.79 Å². The predicted octanol–water partition coefficient (Wildman–Crippen LogP) is 4.52. The fraction of sp³-hybridized carbons (Fsp3) is 0.510. The minimum atomic E-state index is -1.95. The molecule has 1 amide bonds. The summed E-state index contributed by atoms with van der Waals surface area (Å²) in [5, 5.41) is 60.3. The molecule has 6 N–H and O–H groups in total. The summed E-state index contributed by atoms with van der Waals surface area (Å²) in [7, 11) is 3.56. The van der Waals surface area contributed by atoms with E-state index in [-0.39, 0.29) is 60.8 Å². The highest BCUT2D eigenvalue weighted by Gasteiger charge is 2.44. The van der Waals surface area contributed by atoms with Crippen molar-refractivity contribution in [3.05, 3.63) is 79.5 Å². The van der Waals surface area contributed by atoms with E-state index < -0.39 is 82.1 Å². The summed E-state index contributed by atoms with van der Waals surface area (Å²) in [6, 6.07) is 3.55. The van der Waals surface area contributed by atoms with Gasteiger partial charge in [-0.3, -0.25) is 14.4 Å². The van der Waals surface area contributed by atoms with Crippen LogP contribution < -0.4 is 31.0 Å². The number of likely N-dealkylation sites (N-methyl/N-ethyl adjacent to an activating group) is 1. The third-order valence-corrected chi connectivity index (χ3v) is 14.6. The summed E-state index contributed by atoms with van der Waals surface area (Å²) in [4.78, 5) is 52.3. The van der Waals surface area contributed by atoms with Crippen LogP contribution in [0.5, 0.6) is 11.5 Å². The van der Waals surface area contributed by atoms with Crippen LogP contribution >= 0.6 is 0 Å². The molecule has 348 valence electrons. The SMILES string of the molecule is CO[C@H]1/C=C/O[C@@]2(C)Oc3c(C)c(O)c4c(=O)c(c5oc6cc(N7C[C@@H]8CCCN(C)[C@@H]8C7)cc(=O)c6nc5c4c3=C2O)NC(=O)/C(C)=C\C=C\[C@H](C)[C@H](O)[C@@H](C)[C@@H](O)[C@@H](C)[C@H](O)[C@@H]1C. The largest absolute Gasteiger partial charge is 0.507 e. The average molecular weight is 897 g/mol. The lowest BCUT2D eigenvalue weighted by Crippen LogP contribution is -2.44. The lowest BCUT2D eigenvalue weighted by molar-refractivity contribution is -0.112. The molecule has 0 radical (unpaired) electrons. The van der Waals surface area contributed by atoms with Crippen LogP contribution in [0.15, 0.2) is 62.3 Å². The molecule has 16 heteroatoms. The Morgan fingerprint density at radius 1 is 0.923 bits per heavy atom. The van der Waals surface area contributed by atoms with E-state index in [9.17, 15) is 39.9 Å². The lowest BCUT2D eigenvalue weighted by Gasteiger charge is -2.36. The van der Waals surface area contributed by atoms with Crippen LogP contribution in [0, 0.1) is 36.5 Å². The molecule has 65 heavy (non-hydrogen) atoms. The molecule has 16 nitrogen and oxygen atoms in total. The van der Waals surface area contributed by atoms with Gasteiger partial charge in [0.2, 0.25) is 10.9 Å². The van der Waals surface area contributed by atoms with Crippen LogP contribution in [0.25, 0.3) is 38.7 Å². The number of hydrogen-bond donors (Lipinski definition) is 6. The Kier molecular flexibility index (Phi) is 12.3. The second kappa shape index (κ2) is 17.4. The summed E-state index contributed by atoms with van der Waals surface area (Å²) in [6.07, 6.45) is 5.69. The number of carbonyl (C=O) groups excluding carboxylic acids is 1. The van der Waals surface area contributed by atoms with E-state index in [1.54, 1.807) is 45.9 Å². The Morgan fingerprint density at radius 2 is 1.63 bits per heavy atom. The monoisotopic (exact) mass is 896 g/mol. The molecule has 11 atom stereocenters. The Labute approximate surface area is 376 Å². The molecule has 0 unspecified atom stereocenters. The first-order valence-corrected chi connectivity index (χ1v) is 22.4. The molecule has 0 saturated carbocycles. The number of methoxy groups -OCH3 is 1. The summed E-state index contributed by atoms with van der Waals surface area (Å²) >= 11 is 0. The van der Waals surface area contributed by atoms with Crippen molar-refractivity contribution < 1.29 is 49.0 Å². The Hall–Kier alpha value is -5.52. The van der Waals surface area contributed by atoms with Crippen LogP contribution in [0.2, 0.25) is 0 Å². The third kappa shape index (κ3) is 7.82. The quantitative estimate of drug-likeness (QED) is 0.120. The van der Waals surface area contributed by atoms with Gasteiger partial charge in [-0.2, -0.15) is 0 Å². The van der Waals surface area contributed by atoms with Gasteiger partial charge in [0.05, 0.1) is 41.3 Å².